The van der Waals surface area contributed by atoms with Crippen molar-refractivity contribution >= 4 is 11.6 Å². The summed E-state index contributed by atoms with van der Waals surface area (Å²) in [7, 11) is 0. The van der Waals surface area contributed by atoms with E-state index in [2.05, 4.69) is 4.98 Å². The fourth-order valence-corrected chi connectivity index (χ4v) is 3.10. The number of rotatable bonds is 4. The number of fused-ring (bicyclic) bond motifs is 1. The third kappa shape index (κ3) is 3.89. The zero-order valence-corrected chi connectivity index (χ0v) is 14.1. The Kier molecular flexibility index (Phi) is 4.90. The van der Waals surface area contributed by atoms with Gasteiger partial charge in [0.15, 0.2) is 6.61 Å². The van der Waals surface area contributed by atoms with Crippen molar-refractivity contribution in [2.75, 3.05) is 6.61 Å². The van der Waals surface area contributed by atoms with Gasteiger partial charge in [-0.1, -0.05) is 23.7 Å². The lowest BCUT2D eigenvalue weighted by Gasteiger charge is -2.28. The maximum Gasteiger partial charge on any atom is 0.422 e. The smallest absolute Gasteiger partial charge is 0.422 e. The highest BCUT2D eigenvalue weighted by Gasteiger charge is 2.34. The van der Waals surface area contributed by atoms with Crippen LogP contribution in [0.15, 0.2) is 36.5 Å². The maximum atomic E-state index is 12.2. The lowest BCUT2D eigenvalue weighted by atomic mass is 10.1. The summed E-state index contributed by atoms with van der Waals surface area (Å²) in [5, 5.41) is 10.9. The molecule has 0 fully saturated rings. The van der Waals surface area contributed by atoms with E-state index in [-0.39, 0.29) is 11.8 Å². The molecule has 1 aliphatic rings. The van der Waals surface area contributed by atoms with E-state index in [1.807, 2.05) is 11.8 Å². The molecule has 1 N–H and O–H groups in total. The van der Waals surface area contributed by atoms with Crippen molar-refractivity contribution in [3.63, 3.8) is 0 Å². The van der Waals surface area contributed by atoms with Gasteiger partial charge >= 0.3 is 6.18 Å². The van der Waals surface area contributed by atoms with Gasteiger partial charge in [-0.2, -0.15) is 13.2 Å². The molecule has 1 aromatic heterocycles. The number of hydrogen-bond acceptors (Lipinski definition) is 4. The molecule has 0 aliphatic carbocycles. The van der Waals surface area contributed by atoms with Crippen molar-refractivity contribution in [1.29, 1.82) is 0 Å². The minimum atomic E-state index is -4.37. The van der Waals surface area contributed by atoms with Crippen molar-refractivity contribution in [3.8, 4) is 5.75 Å². The number of ether oxygens (including phenoxy) is 1. The summed E-state index contributed by atoms with van der Waals surface area (Å²) in [6, 6.07) is 7.91. The molecule has 2 atom stereocenters. The number of aliphatic hydroxyl groups excluding tert-OH is 1. The first-order chi connectivity index (χ1) is 11.8. The SMILES string of the molecule is CC(c1ccc(OCC(F)(F)F)cc1)N1Cc2c(ccnc2Cl)C1O. The molecule has 3 rings (SSSR count). The molecule has 1 aromatic carbocycles. The van der Waals surface area contributed by atoms with Crippen LogP contribution in [-0.2, 0) is 6.54 Å². The summed E-state index contributed by atoms with van der Waals surface area (Å²) in [4.78, 5) is 5.86. The van der Waals surface area contributed by atoms with E-state index in [4.69, 9.17) is 16.3 Å². The lowest BCUT2D eigenvalue weighted by molar-refractivity contribution is -0.153. The molecule has 0 bridgehead atoms. The monoisotopic (exact) mass is 372 g/mol. The molecule has 134 valence electrons. The average molecular weight is 373 g/mol. The van der Waals surface area contributed by atoms with Crippen LogP contribution in [0.3, 0.4) is 0 Å². The standard InChI is InChI=1S/C17H16ClF3N2O2/c1-10(11-2-4-12(5-3-11)25-9-17(19,20)21)23-8-14-13(16(23)24)6-7-22-15(14)18/h2-7,10,16,24H,8-9H2,1H3. The van der Waals surface area contributed by atoms with Crippen LogP contribution in [-0.4, -0.2) is 27.8 Å². The van der Waals surface area contributed by atoms with Gasteiger partial charge in [-0.15, -0.1) is 0 Å². The molecule has 0 amide bonds. The molecule has 2 heterocycles. The van der Waals surface area contributed by atoms with Crippen LogP contribution in [0.2, 0.25) is 5.15 Å². The fraction of sp³-hybridized carbons (Fsp3) is 0.353. The normalized spacial score (nSPS) is 18.9. The van der Waals surface area contributed by atoms with Gasteiger partial charge in [-0.05, 0) is 30.7 Å². The molecule has 2 unspecified atom stereocenters. The highest BCUT2D eigenvalue weighted by atomic mass is 35.5. The van der Waals surface area contributed by atoms with Gasteiger partial charge in [0.05, 0.1) is 0 Å². The summed E-state index contributed by atoms with van der Waals surface area (Å²) >= 11 is 6.09. The molecular weight excluding hydrogens is 357 g/mol. The molecule has 4 nitrogen and oxygen atoms in total. The van der Waals surface area contributed by atoms with Gasteiger partial charge in [0.25, 0.3) is 0 Å². The summed E-state index contributed by atoms with van der Waals surface area (Å²) < 4.78 is 41.3. The van der Waals surface area contributed by atoms with E-state index in [1.165, 1.54) is 12.1 Å². The van der Waals surface area contributed by atoms with Crippen molar-refractivity contribution in [3.05, 3.63) is 58.4 Å². The molecule has 0 spiro atoms. The molecule has 25 heavy (non-hydrogen) atoms. The third-order valence-corrected chi connectivity index (χ3v) is 4.56. The molecule has 0 saturated heterocycles. The Morgan fingerprint density at radius 1 is 1.32 bits per heavy atom. The van der Waals surface area contributed by atoms with Crippen LogP contribution >= 0.6 is 11.6 Å². The van der Waals surface area contributed by atoms with Gasteiger partial charge in [0.1, 0.15) is 17.1 Å². The van der Waals surface area contributed by atoms with E-state index in [0.717, 1.165) is 16.7 Å². The third-order valence-electron chi connectivity index (χ3n) is 4.23. The highest BCUT2D eigenvalue weighted by molar-refractivity contribution is 6.30. The molecule has 1 aliphatic heterocycles. The van der Waals surface area contributed by atoms with Crippen molar-refractivity contribution in [2.24, 2.45) is 0 Å². The number of benzene rings is 1. The van der Waals surface area contributed by atoms with Crippen LogP contribution in [0, 0.1) is 0 Å². The van der Waals surface area contributed by atoms with Gasteiger partial charge in [-0.25, -0.2) is 4.98 Å². The van der Waals surface area contributed by atoms with Crippen LogP contribution in [0.4, 0.5) is 13.2 Å². The molecule has 2 aromatic rings. The second-order valence-electron chi connectivity index (χ2n) is 5.86. The van der Waals surface area contributed by atoms with E-state index in [1.54, 1.807) is 24.4 Å². The number of alkyl halides is 3. The second-order valence-corrected chi connectivity index (χ2v) is 6.22. The minimum absolute atomic E-state index is 0.144. The van der Waals surface area contributed by atoms with E-state index >= 15 is 0 Å². The van der Waals surface area contributed by atoms with Gasteiger partial charge in [-0.3, -0.25) is 4.90 Å². The summed E-state index contributed by atoms with van der Waals surface area (Å²) in [6.45, 7) is 1.02. The number of nitrogens with zero attached hydrogens (tertiary/aromatic N) is 2. The Labute approximate surface area is 147 Å². The number of aliphatic hydroxyl groups is 1. The maximum absolute atomic E-state index is 12.2. The number of pyridine rings is 1. The summed E-state index contributed by atoms with van der Waals surface area (Å²) in [5.74, 6) is 0.144. The highest BCUT2D eigenvalue weighted by Crippen LogP contribution is 2.40. The number of hydrogen-bond donors (Lipinski definition) is 1. The van der Waals surface area contributed by atoms with Crippen molar-refractivity contribution in [1.82, 2.24) is 9.88 Å². The Morgan fingerprint density at radius 3 is 2.60 bits per heavy atom. The Bertz CT molecular complexity index is 753. The molecule has 8 heteroatoms. The quantitative estimate of drug-likeness (QED) is 0.815. The second kappa shape index (κ2) is 6.82. The first kappa shape index (κ1) is 18.0. The molecule has 0 saturated carbocycles. The van der Waals surface area contributed by atoms with Crippen molar-refractivity contribution in [2.45, 2.75) is 31.9 Å². The number of aromatic nitrogens is 1. The van der Waals surface area contributed by atoms with E-state index in [9.17, 15) is 18.3 Å². The number of halogens is 4. The van der Waals surface area contributed by atoms with Crippen LogP contribution in [0.1, 0.15) is 35.9 Å². The largest absolute Gasteiger partial charge is 0.484 e. The predicted octanol–water partition coefficient (Wildman–Crippen LogP) is 4.24. The van der Waals surface area contributed by atoms with Gasteiger partial charge in [0, 0.05) is 29.9 Å². The van der Waals surface area contributed by atoms with Crippen LogP contribution in [0.5, 0.6) is 5.75 Å². The molecule has 0 radical (unpaired) electrons. The van der Waals surface area contributed by atoms with E-state index < -0.39 is 19.0 Å². The average Bonchev–Trinajstić information content (AvgIpc) is 2.91. The Hall–Kier alpha value is -1.83. The van der Waals surface area contributed by atoms with Gasteiger partial charge < -0.3 is 9.84 Å². The lowest BCUT2D eigenvalue weighted by Crippen LogP contribution is -2.25. The summed E-state index contributed by atoms with van der Waals surface area (Å²) in [5.41, 5.74) is 2.35. The first-order valence-electron chi connectivity index (χ1n) is 7.63. The predicted molar refractivity (Wildman–Crippen MR) is 86.2 cm³/mol. The Balaban J connectivity index is 1.72. The zero-order valence-electron chi connectivity index (χ0n) is 13.3. The minimum Gasteiger partial charge on any atom is -0.484 e. The zero-order chi connectivity index (χ0) is 18.2. The topological polar surface area (TPSA) is 45.6 Å². The van der Waals surface area contributed by atoms with Crippen LogP contribution in [0.25, 0.3) is 0 Å². The van der Waals surface area contributed by atoms with Crippen LogP contribution < -0.4 is 4.74 Å². The van der Waals surface area contributed by atoms with E-state index in [0.29, 0.717) is 11.7 Å². The summed E-state index contributed by atoms with van der Waals surface area (Å²) in [6.07, 6.45) is -3.64. The van der Waals surface area contributed by atoms with Gasteiger partial charge in [0.2, 0.25) is 0 Å². The van der Waals surface area contributed by atoms with Crippen molar-refractivity contribution < 1.29 is 23.0 Å². The fourth-order valence-electron chi connectivity index (χ4n) is 2.87. The molecular formula is C17H16ClF3N2O2. The Morgan fingerprint density at radius 2 is 2.00 bits per heavy atom. The first-order valence-corrected chi connectivity index (χ1v) is 8.00.